The van der Waals surface area contributed by atoms with E-state index >= 15 is 0 Å². The average molecular weight is 984 g/mol. The molecule has 4 saturated carbocycles. The monoisotopic (exact) mass is 983 g/mol. The number of hydrogen-bond acceptors (Lipinski definition) is 17. The van der Waals surface area contributed by atoms with Gasteiger partial charge in [-0.2, -0.15) is 0 Å². The first-order valence-corrected chi connectivity index (χ1v) is 25.2. The smallest absolute Gasteiger partial charge is 0.756 e. The number of nitrogens with one attached hydrogen (secondary N) is 1. The summed E-state index contributed by atoms with van der Waals surface area (Å²) in [6.45, 7) is 5.98. The van der Waals surface area contributed by atoms with Crippen LogP contribution < -0.4 is 114 Å². The molecule has 0 radical (unpaired) electrons. The number of fused-ring (bicyclic) bond motifs is 6. The van der Waals surface area contributed by atoms with E-state index in [4.69, 9.17) is 15.4 Å². The van der Waals surface area contributed by atoms with Crippen molar-refractivity contribution < 1.29 is 160 Å². The van der Waals surface area contributed by atoms with Gasteiger partial charge in [-0.05, 0) is 104 Å². The number of aliphatic hydroxyl groups is 3. The summed E-state index contributed by atoms with van der Waals surface area (Å²) in [6, 6.07) is 0. The van der Waals surface area contributed by atoms with E-state index in [1.807, 2.05) is 0 Å². The van der Waals surface area contributed by atoms with Crippen molar-refractivity contribution in [2.24, 2.45) is 46.3 Å². The van der Waals surface area contributed by atoms with Crippen LogP contribution in [0.4, 0.5) is 5.82 Å². The van der Waals surface area contributed by atoms with Crippen LogP contribution in [0.25, 0.3) is 11.0 Å². The van der Waals surface area contributed by atoms with E-state index in [-0.39, 0.29) is 142 Å². The van der Waals surface area contributed by atoms with E-state index in [0.717, 1.165) is 51.4 Å². The summed E-state index contributed by atoms with van der Waals surface area (Å²) in [5.41, 5.74) is 6.79. The molecule has 4 aliphatic carbocycles. The van der Waals surface area contributed by atoms with Crippen LogP contribution in [0, 0.1) is 58.2 Å². The third-order valence-corrected chi connectivity index (χ3v) is 18.6. The van der Waals surface area contributed by atoms with Gasteiger partial charge in [0.25, 0.3) is 23.5 Å². The predicted molar refractivity (Wildman–Crippen MR) is 211 cm³/mol. The van der Waals surface area contributed by atoms with Gasteiger partial charge in [0, 0.05) is 19.0 Å². The molecule has 20 nitrogen and oxygen atoms in total. The molecule has 1 saturated heterocycles. The Morgan fingerprint density at radius 2 is 1.73 bits per heavy atom. The van der Waals surface area contributed by atoms with Crippen molar-refractivity contribution >= 4 is 46.2 Å². The van der Waals surface area contributed by atoms with Crippen LogP contribution in [-0.2, 0) is 36.4 Å². The molecule has 0 spiro atoms. The molecule has 64 heavy (non-hydrogen) atoms. The van der Waals surface area contributed by atoms with Gasteiger partial charge in [0.2, 0.25) is 5.91 Å². The largest absolute Gasteiger partial charge is 1.00 e. The number of carbonyl (C=O) groups excluding carboxylic acids is 1. The Hall–Kier alpha value is 0.700. The molecule has 7 rings (SSSR count). The van der Waals surface area contributed by atoms with Crippen molar-refractivity contribution in [3.05, 3.63) is 18.1 Å². The first-order chi connectivity index (χ1) is 28.5. The third-order valence-electron chi connectivity index (χ3n) is 14.9. The molecule has 16 atom stereocenters. The predicted octanol–water partition coefficient (Wildman–Crippen LogP) is -7.00. The quantitative estimate of drug-likeness (QED) is 0.0617. The molecule has 3 unspecified atom stereocenters. The molecule has 2 aromatic heterocycles. The number of amides is 1. The zero-order chi connectivity index (χ0) is 44.3. The fraction of sp³-hybridized carbons (Fsp3) is 0.763. The Kier molecular flexibility index (Phi) is 20.1. The second kappa shape index (κ2) is 22.4. The Labute approximate surface area is 439 Å². The number of rotatable bonds is 13. The Balaban J connectivity index is 0.00000299. The summed E-state index contributed by atoms with van der Waals surface area (Å²) in [7, 11) is -17.8. The molecule has 3 heterocycles. The van der Waals surface area contributed by atoms with Gasteiger partial charge in [0.05, 0.1) is 42.4 Å². The summed E-state index contributed by atoms with van der Waals surface area (Å²) in [5, 5.41) is 36.1. The molecule has 1 amide bonds. The van der Waals surface area contributed by atoms with Crippen LogP contribution in [0.1, 0.15) is 103 Å². The van der Waals surface area contributed by atoms with Gasteiger partial charge in [0.1, 0.15) is 30.1 Å². The summed E-state index contributed by atoms with van der Waals surface area (Å²) < 4.78 is 52.9. The second-order valence-corrected chi connectivity index (χ2v) is 22.4. The zero-order valence-corrected chi connectivity index (χ0v) is 45.9. The van der Waals surface area contributed by atoms with Gasteiger partial charge >= 0.3 is 88.7 Å². The van der Waals surface area contributed by atoms with Crippen molar-refractivity contribution in [1.82, 2.24) is 19.9 Å². The molecule has 340 valence electrons. The van der Waals surface area contributed by atoms with Gasteiger partial charge < -0.3 is 59.8 Å². The molecule has 5 fully saturated rings. The summed E-state index contributed by atoms with van der Waals surface area (Å²) in [6.07, 6.45) is 7.34. The molecule has 1 aliphatic heterocycles. The molecule has 5 aliphatic rings. The van der Waals surface area contributed by atoms with Crippen molar-refractivity contribution in [3.8, 4) is 11.8 Å². The number of phosphoric acid groups is 3. The standard InChI is InChI=1S/C38H58N5O15P3.3Na/c1-21(26-9-10-27-25-8-7-23-15-24(44)12-13-37(23,2)28(25)16-31(46)38(26,27)3)6-11-32(47)40-14-4-5-22-18-43(36-34(22)35(39)41-20-42-36)33-17-29(45)30(56-33)19-55-60(51,52)58-61(53,54)57-59(48,49)50;;;/h18,20-21,23-31,33,44-46H,6-17,19H2,1-3H3,(H,40,47)(H,51,52)(H,53,54)(H2,39,41,42)(H2,48,49,50);;;/q;3*+1/p-3/t21-,23-,24-,25+,26-,27+,28+,29+,30-,31+,33-,37+,38-;;;/m1.../s1. The molecular formula is C38H55N5Na3O15P3. The van der Waals surface area contributed by atoms with Crippen molar-refractivity contribution in [1.29, 1.82) is 0 Å². The zero-order valence-electron chi connectivity index (χ0n) is 37.2. The maximum absolute atomic E-state index is 13.1. The van der Waals surface area contributed by atoms with Gasteiger partial charge in [-0.1, -0.05) is 32.6 Å². The number of aliphatic hydroxyl groups excluding tert-OH is 3. The van der Waals surface area contributed by atoms with E-state index in [1.54, 1.807) is 6.20 Å². The number of hydrogen-bond donors (Lipinski definition) is 6. The number of nitrogens with zero attached hydrogens (tertiary/aromatic N) is 3. The van der Waals surface area contributed by atoms with Crippen LogP contribution >= 0.6 is 23.5 Å². The molecular weight excluding hydrogens is 928 g/mol. The van der Waals surface area contributed by atoms with Crippen molar-refractivity contribution in [2.75, 3.05) is 18.9 Å². The number of phosphoric ester groups is 1. The maximum atomic E-state index is 13.1. The fourth-order valence-corrected chi connectivity index (χ4v) is 14.9. The minimum absolute atomic E-state index is 0. The summed E-state index contributed by atoms with van der Waals surface area (Å²) >= 11 is 0. The molecule has 0 aromatic carbocycles. The average Bonchev–Trinajstić information content (AvgIpc) is 3.84. The van der Waals surface area contributed by atoms with Crippen molar-refractivity contribution in [3.63, 3.8) is 0 Å². The minimum Gasteiger partial charge on any atom is -0.756 e. The van der Waals surface area contributed by atoms with Crippen LogP contribution in [0.15, 0.2) is 12.5 Å². The number of anilines is 1. The molecule has 2 aromatic rings. The van der Waals surface area contributed by atoms with E-state index in [0.29, 0.717) is 53.4 Å². The van der Waals surface area contributed by atoms with Gasteiger partial charge in [-0.25, -0.2) is 18.6 Å². The summed E-state index contributed by atoms with van der Waals surface area (Å²) in [5.74, 6) is 8.41. The van der Waals surface area contributed by atoms with E-state index in [9.17, 15) is 48.5 Å². The molecule has 26 heteroatoms. The van der Waals surface area contributed by atoms with Crippen LogP contribution in [0.3, 0.4) is 0 Å². The first kappa shape index (κ1) is 57.3. The normalized spacial score (nSPS) is 36.3. The number of aromatic nitrogens is 3. The van der Waals surface area contributed by atoms with Gasteiger partial charge in [0.15, 0.2) is 0 Å². The van der Waals surface area contributed by atoms with E-state index in [2.05, 4.69) is 61.0 Å². The number of nitrogens with two attached hydrogens (primary N) is 1. The molecule has 7 N–H and O–H groups in total. The topological polar surface area (TPSA) is 324 Å². The number of carbonyl (C=O) groups is 1. The van der Waals surface area contributed by atoms with Gasteiger partial charge in [-0.15, -0.1) is 0 Å². The van der Waals surface area contributed by atoms with E-state index < -0.39 is 54.6 Å². The molecule has 0 bridgehead atoms. The number of ether oxygens (including phenoxy) is 1. The Morgan fingerprint density at radius 1 is 1.02 bits per heavy atom. The Morgan fingerprint density at radius 3 is 2.44 bits per heavy atom. The maximum Gasteiger partial charge on any atom is 1.00 e. The second-order valence-electron chi connectivity index (χ2n) is 18.1. The Bertz CT molecular complexity index is 2200. The minimum atomic E-state index is -6.11. The summed E-state index contributed by atoms with van der Waals surface area (Å²) in [4.78, 5) is 64.2. The van der Waals surface area contributed by atoms with E-state index in [1.165, 1.54) is 10.9 Å². The van der Waals surface area contributed by atoms with Crippen LogP contribution in [-0.4, -0.2) is 78.2 Å². The van der Waals surface area contributed by atoms with Gasteiger partial charge in [-0.3, -0.25) is 18.5 Å². The van der Waals surface area contributed by atoms with Crippen LogP contribution in [0.5, 0.6) is 0 Å². The fourth-order valence-electron chi connectivity index (χ4n) is 12.0. The van der Waals surface area contributed by atoms with Crippen LogP contribution in [0.2, 0.25) is 0 Å². The van der Waals surface area contributed by atoms with Crippen molar-refractivity contribution in [2.45, 2.75) is 122 Å². The first-order valence-electron chi connectivity index (χ1n) is 20.8. The third kappa shape index (κ3) is 12.4. The SMILES string of the molecule is C[C@H](CCC(=O)NCC#Cc1cn([C@H]2C[C@H](O)[C@@H](COP(=O)([O-])OP(=O)([O-])OP(=O)([O-])O)O2)c2ncnc(N)c12)[C@H]1CC[C@H]2[C@@H]3CC[C@@H]4C[C@H](O)CC[C@]4(C)[C@H]3C[C@H](O)[C@]12C.[Na+].[Na+].[Na+]. The number of nitrogen functional groups attached to an aromatic ring is 1.